The van der Waals surface area contributed by atoms with Crippen LogP contribution in [-0.2, 0) is 4.79 Å². The van der Waals surface area contributed by atoms with Gasteiger partial charge in [0.2, 0.25) is 0 Å². The van der Waals surface area contributed by atoms with Crippen molar-refractivity contribution in [3.05, 3.63) is 35.4 Å². The van der Waals surface area contributed by atoms with E-state index in [4.69, 9.17) is 0 Å². The van der Waals surface area contributed by atoms with Gasteiger partial charge in [0.25, 0.3) is 0 Å². The Balaban J connectivity index is 2.22. The first-order valence-corrected chi connectivity index (χ1v) is 7.41. The van der Waals surface area contributed by atoms with Crippen LogP contribution in [0.3, 0.4) is 0 Å². The van der Waals surface area contributed by atoms with Crippen molar-refractivity contribution in [2.75, 3.05) is 0 Å². The molecule has 0 saturated heterocycles. The summed E-state index contributed by atoms with van der Waals surface area (Å²) in [5.41, 5.74) is 2.44. The van der Waals surface area contributed by atoms with Crippen molar-refractivity contribution in [1.29, 1.82) is 0 Å². The number of carbonyl (C=O) groups is 1. The Morgan fingerprint density at radius 2 is 2.16 bits per heavy atom. The molecule has 0 aromatic heterocycles. The lowest BCUT2D eigenvalue weighted by Crippen LogP contribution is -2.29. The standard InChI is InChI=1S/C17H24O2/c1-3-5-13-8-9-15(17(18)19)16(11-13)14-7-4-6-12(2)10-14/h4,6-7,10,13,15-16H,3,5,8-9,11H2,1-2H3,(H,18,19). The van der Waals surface area contributed by atoms with Crippen LogP contribution in [0.15, 0.2) is 24.3 Å². The molecule has 0 radical (unpaired) electrons. The Bertz CT molecular complexity index is 439. The van der Waals surface area contributed by atoms with Crippen molar-refractivity contribution in [2.24, 2.45) is 11.8 Å². The first kappa shape index (κ1) is 14.1. The van der Waals surface area contributed by atoms with E-state index in [0.29, 0.717) is 5.92 Å². The van der Waals surface area contributed by atoms with Gasteiger partial charge in [-0.25, -0.2) is 0 Å². The second-order valence-corrected chi connectivity index (χ2v) is 5.93. The van der Waals surface area contributed by atoms with Crippen molar-refractivity contribution < 1.29 is 9.90 Å². The molecule has 3 atom stereocenters. The van der Waals surface area contributed by atoms with E-state index in [0.717, 1.165) is 19.3 Å². The zero-order chi connectivity index (χ0) is 13.8. The van der Waals surface area contributed by atoms with Crippen LogP contribution in [0.5, 0.6) is 0 Å². The number of carboxylic acids is 1. The molecule has 1 aliphatic rings. The number of benzene rings is 1. The molecule has 0 heterocycles. The topological polar surface area (TPSA) is 37.3 Å². The summed E-state index contributed by atoms with van der Waals surface area (Å²) in [6.45, 7) is 4.29. The molecule has 1 saturated carbocycles. The molecule has 0 aliphatic heterocycles. The van der Waals surface area contributed by atoms with E-state index in [1.165, 1.54) is 24.0 Å². The van der Waals surface area contributed by atoms with Gasteiger partial charge in [-0.15, -0.1) is 0 Å². The quantitative estimate of drug-likeness (QED) is 0.872. The van der Waals surface area contributed by atoms with Crippen LogP contribution in [0, 0.1) is 18.8 Å². The number of aliphatic carboxylic acids is 1. The Morgan fingerprint density at radius 1 is 1.37 bits per heavy atom. The van der Waals surface area contributed by atoms with Gasteiger partial charge in [0.15, 0.2) is 0 Å². The predicted octanol–water partition coefficient (Wildman–Crippen LogP) is 4.38. The lowest BCUT2D eigenvalue weighted by atomic mass is 9.70. The monoisotopic (exact) mass is 260 g/mol. The van der Waals surface area contributed by atoms with Gasteiger partial charge >= 0.3 is 5.97 Å². The number of aryl methyl sites for hydroxylation is 1. The number of hydrogen-bond donors (Lipinski definition) is 1. The fourth-order valence-electron chi connectivity index (χ4n) is 3.49. The van der Waals surface area contributed by atoms with Crippen LogP contribution < -0.4 is 0 Å². The predicted molar refractivity (Wildman–Crippen MR) is 77.3 cm³/mol. The van der Waals surface area contributed by atoms with Gasteiger partial charge in [0.05, 0.1) is 5.92 Å². The third-order valence-corrected chi connectivity index (χ3v) is 4.44. The van der Waals surface area contributed by atoms with Gasteiger partial charge in [-0.1, -0.05) is 49.6 Å². The van der Waals surface area contributed by atoms with E-state index in [-0.39, 0.29) is 11.8 Å². The number of rotatable bonds is 4. The third kappa shape index (κ3) is 3.37. The largest absolute Gasteiger partial charge is 0.481 e. The Labute approximate surface area is 115 Å². The van der Waals surface area contributed by atoms with E-state index in [2.05, 4.69) is 32.0 Å². The fraction of sp³-hybridized carbons (Fsp3) is 0.588. The van der Waals surface area contributed by atoms with E-state index < -0.39 is 5.97 Å². The molecule has 2 rings (SSSR count). The van der Waals surface area contributed by atoms with Gasteiger partial charge in [0.1, 0.15) is 0 Å². The molecule has 1 aromatic rings. The molecule has 1 aliphatic carbocycles. The zero-order valence-corrected chi connectivity index (χ0v) is 11.9. The van der Waals surface area contributed by atoms with Gasteiger partial charge in [-0.2, -0.15) is 0 Å². The molecule has 1 N–H and O–H groups in total. The molecular weight excluding hydrogens is 236 g/mol. The highest BCUT2D eigenvalue weighted by atomic mass is 16.4. The highest BCUT2D eigenvalue weighted by molar-refractivity contribution is 5.71. The van der Waals surface area contributed by atoms with Crippen LogP contribution in [0.25, 0.3) is 0 Å². The average Bonchev–Trinajstić information content (AvgIpc) is 2.39. The summed E-state index contributed by atoms with van der Waals surface area (Å²) in [5, 5.41) is 9.46. The van der Waals surface area contributed by atoms with Gasteiger partial charge in [-0.05, 0) is 43.6 Å². The van der Waals surface area contributed by atoms with Crippen LogP contribution >= 0.6 is 0 Å². The minimum Gasteiger partial charge on any atom is -0.481 e. The molecule has 0 spiro atoms. The van der Waals surface area contributed by atoms with Crippen LogP contribution in [0.4, 0.5) is 0 Å². The lowest BCUT2D eigenvalue weighted by molar-refractivity contribution is -0.143. The summed E-state index contributed by atoms with van der Waals surface area (Å²) in [7, 11) is 0. The third-order valence-electron chi connectivity index (χ3n) is 4.44. The maximum absolute atomic E-state index is 11.5. The van der Waals surface area contributed by atoms with Crippen molar-refractivity contribution >= 4 is 5.97 Å². The summed E-state index contributed by atoms with van der Waals surface area (Å²) in [6, 6.07) is 8.38. The molecule has 2 heteroatoms. The minimum absolute atomic E-state index is 0.197. The highest BCUT2D eigenvalue weighted by Crippen LogP contribution is 2.42. The summed E-state index contributed by atoms with van der Waals surface area (Å²) in [4.78, 5) is 11.5. The lowest BCUT2D eigenvalue weighted by Gasteiger charge is -2.34. The summed E-state index contributed by atoms with van der Waals surface area (Å²) >= 11 is 0. The molecular formula is C17H24O2. The smallest absolute Gasteiger partial charge is 0.307 e. The van der Waals surface area contributed by atoms with Crippen molar-refractivity contribution in [2.45, 2.75) is 51.9 Å². The number of carboxylic acid groups (broad SMARTS) is 1. The molecule has 104 valence electrons. The molecule has 19 heavy (non-hydrogen) atoms. The first-order chi connectivity index (χ1) is 9.11. The van der Waals surface area contributed by atoms with Crippen molar-refractivity contribution in [3.8, 4) is 0 Å². The van der Waals surface area contributed by atoms with Crippen molar-refractivity contribution in [3.63, 3.8) is 0 Å². The van der Waals surface area contributed by atoms with Crippen molar-refractivity contribution in [1.82, 2.24) is 0 Å². The average molecular weight is 260 g/mol. The normalized spacial score (nSPS) is 27.2. The summed E-state index contributed by atoms with van der Waals surface area (Å²) < 4.78 is 0. The highest BCUT2D eigenvalue weighted by Gasteiger charge is 2.35. The maximum atomic E-state index is 11.5. The van der Waals surface area contributed by atoms with Crippen LogP contribution in [0.2, 0.25) is 0 Å². The van der Waals surface area contributed by atoms with Crippen LogP contribution in [0.1, 0.15) is 56.1 Å². The fourth-order valence-corrected chi connectivity index (χ4v) is 3.49. The van der Waals surface area contributed by atoms with E-state index >= 15 is 0 Å². The number of hydrogen-bond acceptors (Lipinski definition) is 1. The summed E-state index contributed by atoms with van der Waals surface area (Å²) in [5.74, 6) is 0.0742. The Kier molecular flexibility index (Phi) is 4.62. The molecule has 0 amide bonds. The van der Waals surface area contributed by atoms with Crippen LogP contribution in [-0.4, -0.2) is 11.1 Å². The molecule has 1 fully saturated rings. The first-order valence-electron chi connectivity index (χ1n) is 7.41. The second-order valence-electron chi connectivity index (χ2n) is 5.93. The minimum atomic E-state index is -0.624. The second kappa shape index (κ2) is 6.23. The van der Waals surface area contributed by atoms with Gasteiger partial charge in [-0.3, -0.25) is 4.79 Å². The molecule has 2 nitrogen and oxygen atoms in total. The molecule has 3 unspecified atom stereocenters. The van der Waals surface area contributed by atoms with Gasteiger partial charge in [0, 0.05) is 0 Å². The maximum Gasteiger partial charge on any atom is 0.307 e. The Morgan fingerprint density at radius 3 is 2.79 bits per heavy atom. The van der Waals surface area contributed by atoms with E-state index in [1.54, 1.807) is 0 Å². The van der Waals surface area contributed by atoms with E-state index in [9.17, 15) is 9.90 Å². The summed E-state index contributed by atoms with van der Waals surface area (Å²) in [6.07, 6.45) is 5.37. The molecule has 1 aromatic carbocycles. The zero-order valence-electron chi connectivity index (χ0n) is 11.9. The Hall–Kier alpha value is -1.31. The van der Waals surface area contributed by atoms with E-state index in [1.807, 2.05) is 6.07 Å². The van der Waals surface area contributed by atoms with Gasteiger partial charge < -0.3 is 5.11 Å². The molecule has 0 bridgehead atoms. The SMILES string of the molecule is CCCC1CCC(C(=O)O)C(c2cccc(C)c2)C1.